The lowest BCUT2D eigenvalue weighted by Crippen LogP contribution is -2.32. The lowest BCUT2D eigenvalue weighted by molar-refractivity contribution is -0.117. The maximum absolute atomic E-state index is 11.8. The van der Waals surface area contributed by atoms with Crippen LogP contribution in [0.25, 0.3) is 0 Å². The maximum Gasteiger partial charge on any atom is 0.234 e. The fraction of sp³-hybridized carbons (Fsp3) is 0.333. The molecule has 98 valence electrons. The van der Waals surface area contributed by atoms with Crippen LogP contribution in [0.5, 0.6) is 5.75 Å². The van der Waals surface area contributed by atoms with E-state index < -0.39 is 5.92 Å². The van der Waals surface area contributed by atoms with Gasteiger partial charge in [-0.15, -0.1) is 0 Å². The molecule has 0 saturated carbocycles. The molecule has 0 saturated heterocycles. The summed E-state index contributed by atoms with van der Waals surface area (Å²) in [5.74, 6) is -0.414. The van der Waals surface area contributed by atoms with Crippen molar-refractivity contribution < 1.29 is 14.7 Å². The molecule has 1 atom stereocenters. The molecule has 0 heterocycles. The zero-order valence-electron chi connectivity index (χ0n) is 10.6. The second-order valence-corrected chi connectivity index (χ2v) is 3.92. The number of carbonyl (C=O) groups is 1. The Morgan fingerprint density at radius 2 is 2.22 bits per heavy atom. The van der Waals surface area contributed by atoms with Gasteiger partial charge in [0.2, 0.25) is 5.91 Å². The van der Waals surface area contributed by atoms with Crippen LogP contribution in [-0.2, 0) is 4.79 Å². The van der Waals surface area contributed by atoms with E-state index in [1.807, 2.05) is 6.92 Å². The minimum absolute atomic E-state index is 0.127. The van der Waals surface area contributed by atoms with Gasteiger partial charge in [-0.3, -0.25) is 4.79 Å². The molecule has 0 spiro atoms. The van der Waals surface area contributed by atoms with Crippen molar-refractivity contribution in [2.24, 2.45) is 16.8 Å². The molecule has 18 heavy (non-hydrogen) atoms. The molecule has 6 heteroatoms. The van der Waals surface area contributed by atoms with Crippen molar-refractivity contribution in [2.45, 2.75) is 13.8 Å². The third-order valence-electron chi connectivity index (χ3n) is 2.61. The minimum atomic E-state index is -0.697. The van der Waals surface area contributed by atoms with Crippen molar-refractivity contribution in [3.8, 4) is 5.75 Å². The van der Waals surface area contributed by atoms with E-state index in [-0.39, 0.29) is 11.7 Å². The number of amidine groups is 1. The van der Waals surface area contributed by atoms with Crippen LogP contribution < -0.4 is 15.8 Å². The number of methoxy groups -OCH3 is 1. The van der Waals surface area contributed by atoms with Gasteiger partial charge in [-0.05, 0) is 37.6 Å². The highest BCUT2D eigenvalue weighted by atomic mass is 16.5. The Balaban J connectivity index is 2.79. The molecule has 1 rings (SSSR count). The molecule has 0 bridgehead atoms. The van der Waals surface area contributed by atoms with E-state index in [9.17, 15) is 4.79 Å². The lowest BCUT2D eigenvalue weighted by atomic mass is 10.1. The van der Waals surface area contributed by atoms with Crippen LogP contribution in [0.1, 0.15) is 12.5 Å². The van der Waals surface area contributed by atoms with E-state index in [4.69, 9.17) is 15.7 Å². The number of rotatable bonds is 4. The Bertz CT molecular complexity index is 472. The number of aryl methyl sites for hydroxylation is 1. The number of nitrogens with zero attached hydrogens (tertiary/aromatic N) is 1. The smallest absolute Gasteiger partial charge is 0.234 e. The molecule has 0 aliphatic rings. The number of ether oxygens (including phenoxy) is 1. The van der Waals surface area contributed by atoms with Gasteiger partial charge >= 0.3 is 0 Å². The topological polar surface area (TPSA) is 96.9 Å². The average Bonchev–Trinajstić information content (AvgIpc) is 2.37. The standard InChI is InChI=1S/C12H17N3O3/c1-7-6-9(4-5-10(7)18-3)14-12(16)8(2)11(13)15-17/h4-6,8,17H,1-3H3,(H2,13,15)(H,14,16). The molecule has 0 fully saturated rings. The van der Waals surface area contributed by atoms with E-state index in [0.717, 1.165) is 11.3 Å². The van der Waals surface area contributed by atoms with Crippen LogP contribution in [-0.4, -0.2) is 24.1 Å². The van der Waals surface area contributed by atoms with Crippen LogP contribution >= 0.6 is 0 Å². The maximum atomic E-state index is 11.8. The second kappa shape index (κ2) is 5.90. The molecule has 1 aromatic rings. The monoisotopic (exact) mass is 251 g/mol. The van der Waals surface area contributed by atoms with Crippen molar-refractivity contribution in [1.82, 2.24) is 0 Å². The number of hydrogen-bond donors (Lipinski definition) is 3. The first-order chi connectivity index (χ1) is 8.49. The number of benzene rings is 1. The molecule has 0 aliphatic heterocycles. The van der Waals surface area contributed by atoms with E-state index in [0.29, 0.717) is 5.69 Å². The summed E-state index contributed by atoms with van der Waals surface area (Å²) in [6.07, 6.45) is 0. The van der Waals surface area contributed by atoms with E-state index >= 15 is 0 Å². The van der Waals surface area contributed by atoms with Crippen molar-refractivity contribution in [1.29, 1.82) is 0 Å². The van der Waals surface area contributed by atoms with E-state index in [1.165, 1.54) is 0 Å². The van der Waals surface area contributed by atoms with Crippen molar-refractivity contribution in [2.75, 3.05) is 12.4 Å². The van der Waals surface area contributed by atoms with Crippen LogP contribution in [0, 0.1) is 12.8 Å². The number of amides is 1. The number of hydrogen-bond acceptors (Lipinski definition) is 4. The van der Waals surface area contributed by atoms with Crippen LogP contribution in [0.3, 0.4) is 0 Å². The number of nitrogens with two attached hydrogens (primary N) is 1. The van der Waals surface area contributed by atoms with Gasteiger partial charge in [0.1, 0.15) is 5.75 Å². The number of nitrogens with one attached hydrogen (secondary N) is 1. The first-order valence-corrected chi connectivity index (χ1v) is 5.42. The number of carbonyl (C=O) groups excluding carboxylic acids is 1. The fourth-order valence-electron chi connectivity index (χ4n) is 1.43. The third-order valence-corrected chi connectivity index (χ3v) is 2.61. The summed E-state index contributed by atoms with van der Waals surface area (Å²) in [6, 6.07) is 5.28. The molecule has 0 aromatic heterocycles. The molecular weight excluding hydrogens is 234 g/mol. The van der Waals surface area contributed by atoms with Crippen molar-refractivity contribution in [3.05, 3.63) is 23.8 Å². The van der Waals surface area contributed by atoms with E-state index in [2.05, 4.69) is 10.5 Å². The highest BCUT2D eigenvalue weighted by Gasteiger charge is 2.17. The summed E-state index contributed by atoms with van der Waals surface area (Å²) in [4.78, 5) is 11.8. The Morgan fingerprint density at radius 3 is 2.72 bits per heavy atom. The third kappa shape index (κ3) is 3.13. The van der Waals surface area contributed by atoms with Gasteiger partial charge in [0.25, 0.3) is 0 Å². The number of oxime groups is 1. The highest BCUT2D eigenvalue weighted by Crippen LogP contribution is 2.21. The molecule has 1 unspecified atom stereocenters. The minimum Gasteiger partial charge on any atom is -0.496 e. The van der Waals surface area contributed by atoms with Crippen LogP contribution in [0.2, 0.25) is 0 Å². The largest absolute Gasteiger partial charge is 0.496 e. The zero-order valence-corrected chi connectivity index (χ0v) is 10.6. The van der Waals surface area contributed by atoms with Gasteiger partial charge in [-0.1, -0.05) is 5.16 Å². The SMILES string of the molecule is COc1ccc(NC(=O)C(C)C(N)=NO)cc1C. The molecule has 1 amide bonds. The van der Waals surface area contributed by atoms with Gasteiger partial charge in [-0.25, -0.2) is 0 Å². The average molecular weight is 251 g/mol. The Morgan fingerprint density at radius 1 is 1.56 bits per heavy atom. The predicted molar refractivity (Wildman–Crippen MR) is 68.9 cm³/mol. The van der Waals surface area contributed by atoms with Gasteiger partial charge in [0.05, 0.1) is 13.0 Å². The Labute approximate surface area is 105 Å². The molecule has 4 N–H and O–H groups in total. The van der Waals surface area contributed by atoms with Crippen molar-refractivity contribution >= 4 is 17.4 Å². The van der Waals surface area contributed by atoms with Crippen LogP contribution in [0.15, 0.2) is 23.4 Å². The van der Waals surface area contributed by atoms with Gasteiger partial charge in [0, 0.05) is 5.69 Å². The van der Waals surface area contributed by atoms with Gasteiger partial charge < -0.3 is 21.0 Å². The summed E-state index contributed by atoms with van der Waals surface area (Å²) in [7, 11) is 1.58. The highest BCUT2D eigenvalue weighted by molar-refractivity contribution is 6.07. The molecular formula is C12H17N3O3. The lowest BCUT2D eigenvalue weighted by Gasteiger charge is -2.12. The Hall–Kier alpha value is -2.24. The number of anilines is 1. The summed E-state index contributed by atoms with van der Waals surface area (Å²) in [5, 5.41) is 14.0. The Kier molecular flexibility index (Phi) is 4.53. The van der Waals surface area contributed by atoms with Crippen molar-refractivity contribution in [3.63, 3.8) is 0 Å². The summed E-state index contributed by atoms with van der Waals surface area (Å²) in [5.41, 5.74) is 6.91. The fourth-order valence-corrected chi connectivity index (χ4v) is 1.43. The summed E-state index contributed by atoms with van der Waals surface area (Å²) in [6.45, 7) is 3.43. The van der Waals surface area contributed by atoms with Gasteiger partial charge in [0.15, 0.2) is 5.84 Å². The second-order valence-electron chi connectivity index (χ2n) is 3.92. The predicted octanol–water partition coefficient (Wildman–Crippen LogP) is 1.32. The zero-order chi connectivity index (χ0) is 13.7. The molecule has 0 radical (unpaired) electrons. The van der Waals surface area contributed by atoms with Gasteiger partial charge in [-0.2, -0.15) is 0 Å². The molecule has 0 aliphatic carbocycles. The molecule has 6 nitrogen and oxygen atoms in total. The van der Waals surface area contributed by atoms with E-state index in [1.54, 1.807) is 32.2 Å². The summed E-state index contributed by atoms with van der Waals surface area (Å²) >= 11 is 0. The quantitative estimate of drug-likeness (QED) is 0.325. The first kappa shape index (κ1) is 13.8. The van der Waals surface area contributed by atoms with Crippen LogP contribution in [0.4, 0.5) is 5.69 Å². The normalized spacial score (nSPS) is 12.9. The summed E-state index contributed by atoms with van der Waals surface area (Å²) < 4.78 is 5.12. The first-order valence-electron chi connectivity index (χ1n) is 5.42. The molecule has 1 aromatic carbocycles.